The molecule has 0 heterocycles. The van der Waals surface area contributed by atoms with Crippen LogP contribution in [0.15, 0.2) is 35.4 Å². The number of benzene rings is 1. The molecule has 0 amide bonds. The van der Waals surface area contributed by atoms with Crippen LogP contribution in [0.4, 0.5) is 0 Å². The lowest BCUT2D eigenvalue weighted by Gasteiger charge is -2.17. The van der Waals surface area contributed by atoms with Gasteiger partial charge in [-0.1, -0.05) is 35.4 Å². The summed E-state index contributed by atoms with van der Waals surface area (Å²) in [5.74, 6) is -0.610. The van der Waals surface area contributed by atoms with Gasteiger partial charge < -0.3 is 10.5 Å². The predicted octanol–water partition coefficient (Wildman–Crippen LogP) is 1.54. The van der Waals surface area contributed by atoms with E-state index in [0.717, 1.165) is 0 Å². The molecule has 0 saturated carbocycles. The zero-order chi connectivity index (χ0) is 12.0. The standard InChI is InChI=1S/C10H12N4O2/c1-16-10(15)8(11)9(13-14-12)7-5-3-2-4-6-7/h2-6,8-9H,11H2,1H3/t8-,9-/m1/s1. The SMILES string of the molecule is COC(=O)[C@H](N)[C@H](N=[N+]=[N-])c1ccccc1. The first-order chi connectivity index (χ1) is 7.70. The predicted molar refractivity (Wildman–Crippen MR) is 58.3 cm³/mol. The van der Waals surface area contributed by atoms with Crippen molar-refractivity contribution in [3.63, 3.8) is 0 Å². The molecule has 6 heteroatoms. The monoisotopic (exact) mass is 220 g/mol. The van der Waals surface area contributed by atoms with Gasteiger partial charge in [0.2, 0.25) is 0 Å². The van der Waals surface area contributed by atoms with Crippen LogP contribution in [0.1, 0.15) is 11.6 Å². The maximum Gasteiger partial charge on any atom is 0.323 e. The van der Waals surface area contributed by atoms with Crippen LogP contribution in [0.2, 0.25) is 0 Å². The number of hydrogen-bond acceptors (Lipinski definition) is 4. The molecule has 2 N–H and O–H groups in total. The third kappa shape index (κ3) is 2.73. The molecule has 1 rings (SSSR count). The lowest BCUT2D eigenvalue weighted by Crippen LogP contribution is -2.36. The van der Waals surface area contributed by atoms with Gasteiger partial charge >= 0.3 is 5.97 Å². The summed E-state index contributed by atoms with van der Waals surface area (Å²) in [5.41, 5.74) is 14.8. The molecule has 0 bridgehead atoms. The second-order valence-electron chi connectivity index (χ2n) is 3.11. The third-order valence-corrected chi connectivity index (χ3v) is 2.13. The Hall–Kier alpha value is -2.04. The molecule has 1 aromatic rings. The van der Waals surface area contributed by atoms with E-state index in [2.05, 4.69) is 14.8 Å². The molecular formula is C10H12N4O2. The molecule has 0 aliphatic heterocycles. The Balaban J connectivity index is 3.00. The highest BCUT2D eigenvalue weighted by atomic mass is 16.5. The number of nitrogens with zero attached hydrogens (tertiary/aromatic N) is 3. The number of azide groups is 1. The Morgan fingerprint density at radius 1 is 1.50 bits per heavy atom. The van der Waals surface area contributed by atoms with E-state index in [9.17, 15) is 4.79 Å². The molecule has 0 aliphatic rings. The lowest BCUT2D eigenvalue weighted by molar-refractivity contribution is -0.142. The van der Waals surface area contributed by atoms with Crippen molar-refractivity contribution in [2.24, 2.45) is 10.8 Å². The van der Waals surface area contributed by atoms with Crippen LogP contribution in [0.3, 0.4) is 0 Å². The molecule has 0 saturated heterocycles. The molecule has 0 fully saturated rings. The minimum atomic E-state index is -0.997. The first-order valence-corrected chi connectivity index (χ1v) is 4.63. The van der Waals surface area contributed by atoms with E-state index in [0.29, 0.717) is 5.56 Å². The van der Waals surface area contributed by atoms with Crippen LogP contribution in [-0.4, -0.2) is 19.1 Å². The number of nitrogens with two attached hydrogens (primary N) is 1. The highest BCUT2D eigenvalue weighted by molar-refractivity contribution is 5.76. The van der Waals surface area contributed by atoms with Crippen molar-refractivity contribution in [1.29, 1.82) is 0 Å². The number of rotatable bonds is 4. The van der Waals surface area contributed by atoms with Crippen molar-refractivity contribution < 1.29 is 9.53 Å². The van der Waals surface area contributed by atoms with Gasteiger partial charge in [0.1, 0.15) is 6.04 Å². The van der Waals surface area contributed by atoms with Crippen molar-refractivity contribution in [2.45, 2.75) is 12.1 Å². The van der Waals surface area contributed by atoms with Crippen LogP contribution < -0.4 is 5.73 Å². The molecular weight excluding hydrogens is 208 g/mol. The van der Waals surface area contributed by atoms with E-state index in [1.54, 1.807) is 24.3 Å². The molecule has 0 aliphatic carbocycles. The molecule has 0 spiro atoms. The third-order valence-electron chi connectivity index (χ3n) is 2.13. The van der Waals surface area contributed by atoms with Crippen molar-refractivity contribution in [2.75, 3.05) is 7.11 Å². The quantitative estimate of drug-likeness (QED) is 0.360. The Labute approximate surface area is 92.6 Å². The van der Waals surface area contributed by atoms with Gasteiger partial charge in [0.25, 0.3) is 0 Å². The maximum absolute atomic E-state index is 11.3. The summed E-state index contributed by atoms with van der Waals surface area (Å²) in [6.45, 7) is 0. The summed E-state index contributed by atoms with van der Waals surface area (Å²) in [7, 11) is 1.24. The number of hydrogen-bond donors (Lipinski definition) is 1. The summed E-state index contributed by atoms with van der Waals surface area (Å²) in [6.07, 6.45) is 0. The summed E-state index contributed by atoms with van der Waals surface area (Å²) >= 11 is 0. The van der Waals surface area contributed by atoms with Gasteiger partial charge in [0, 0.05) is 4.91 Å². The number of methoxy groups -OCH3 is 1. The fourth-order valence-corrected chi connectivity index (χ4v) is 1.32. The lowest BCUT2D eigenvalue weighted by atomic mass is 10.0. The fourth-order valence-electron chi connectivity index (χ4n) is 1.32. The minimum Gasteiger partial charge on any atom is -0.468 e. The van der Waals surface area contributed by atoms with E-state index >= 15 is 0 Å². The Morgan fingerprint density at radius 2 is 2.12 bits per heavy atom. The van der Waals surface area contributed by atoms with Crippen LogP contribution in [0, 0.1) is 0 Å². The van der Waals surface area contributed by atoms with Crippen LogP contribution in [0.5, 0.6) is 0 Å². The highest BCUT2D eigenvalue weighted by Gasteiger charge is 2.25. The Kier molecular flexibility index (Phi) is 4.32. The first-order valence-electron chi connectivity index (χ1n) is 4.63. The first kappa shape index (κ1) is 12.0. The van der Waals surface area contributed by atoms with Gasteiger partial charge in [0.15, 0.2) is 0 Å². The number of esters is 1. The molecule has 0 aromatic heterocycles. The number of carbonyl (C=O) groups excluding carboxylic acids is 1. The maximum atomic E-state index is 11.3. The summed E-state index contributed by atoms with van der Waals surface area (Å²) in [6, 6.07) is 7.10. The van der Waals surface area contributed by atoms with Crippen molar-refractivity contribution >= 4 is 5.97 Å². The molecule has 0 unspecified atom stereocenters. The van der Waals surface area contributed by atoms with E-state index in [-0.39, 0.29) is 0 Å². The molecule has 0 radical (unpaired) electrons. The van der Waals surface area contributed by atoms with Crippen molar-refractivity contribution in [3.8, 4) is 0 Å². The van der Waals surface area contributed by atoms with Crippen LogP contribution in [-0.2, 0) is 9.53 Å². The van der Waals surface area contributed by atoms with Gasteiger partial charge in [-0.15, -0.1) is 0 Å². The second kappa shape index (κ2) is 5.75. The number of ether oxygens (including phenoxy) is 1. The fraction of sp³-hybridized carbons (Fsp3) is 0.300. The largest absolute Gasteiger partial charge is 0.468 e. The molecule has 2 atom stereocenters. The summed E-state index contributed by atoms with van der Waals surface area (Å²) in [5, 5.41) is 3.52. The van der Waals surface area contributed by atoms with Gasteiger partial charge in [-0.3, -0.25) is 4.79 Å². The van der Waals surface area contributed by atoms with Crippen LogP contribution in [0.25, 0.3) is 10.4 Å². The highest BCUT2D eigenvalue weighted by Crippen LogP contribution is 2.20. The second-order valence-corrected chi connectivity index (χ2v) is 3.11. The zero-order valence-corrected chi connectivity index (χ0v) is 8.78. The summed E-state index contributed by atoms with van der Waals surface area (Å²) < 4.78 is 4.51. The van der Waals surface area contributed by atoms with Gasteiger partial charge in [-0.05, 0) is 11.1 Å². The van der Waals surface area contributed by atoms with Crippen LogP contribution >= 0.6 is 0 Å². The van der Waals surface area contributed by atoms with Gasteiger partial charge in [-0.2, -0.15) is 0 Å². The van der Waals surface area contributed by atoms with Crippen molar-refractivity contribution in [1.82, 2.24) is 0 Å². The molecule has 16 heavy (non-hydrogen) atoms. The van der Waals surface area contributed by atoms with E-state index in [1.807, 2.05) is 6.07 Å². The molecule has 6 nitrogen and oxygen atoms in total. The van der Waals surface area contributed by atoms with E-state index in [1.165, 1.54) is 7.11 Å². The van der Waals surface area contributed by atoms with Gasteiger partial charge in [0.05, 0.1) is 13.2 Å². The van der Waals surface area contributed by atoms with Crippen molar-refractivity contribution in [3.05, 3.63) is 46.3 Å². The average Bonchev–Trinajstić information content (AvgIpc) is 2.35. The van der Waals surface area contributed by atoms with E-state index in [4.69, 9.17) is 11.3 Å². The Bertz CT molecular complexity index is 401. The minimum absolute atomic E-state index is 0.610. The topological polar surface area (TPSA) is 101 Å². The van der Waals surface area contributed by atoms with E-state index < -0.39 is 18.1 Å². The average molecular weight is 220 g/mol. The van der Waals surface area contributed by atoms with Gasteiger partial charge in [-0.25, -0.2) is 0 Å². The Morgan fingerprint density at radius 3 is 2.62 bits per heavy atom. The summed E-state index contributed by atoms with van der Waals surface area (Å²) in [4.78, 5) is 14.0. The smallest absolute Gasteiger partial charge is 0.323 e. The zero-order valence-electron chi connectivity index (χ0n) is 8.78. The normalized spacial score (nSPS) is 13.4. The molecule has 84 valence electrons. The number of carbonyl (C=O) groups is 1. The molecule has 1 aromatic carbocycles.